The van der Waals surface area contributed by atoms with E-state index in [-0.39, 0.29) is 17.9 Å². The maximum Gasteiger partial charge on any atom is 0.254 e. The Morgan fingerprint density at radius 3 is 2.78 bits per heavy atom. The molecule has 27 heavy (non-hydrogen) atoms. The maximum atomic E-state index is 12.7. The largest absolute Gasteiger partial charge is 0.389 e. The molecule has 1 aromatic rings. The van der Waals surface area contributed by atoms with Crippen LogP contribution in [0.15, 0.2) is 24.3 Å². The smallest absolute Gasteiger partial charge is 0.254 e. The van der Waals surface area contributed by atoms with Crippen molar-refractivity contribution in [3.05, 3.63) is 35.4 Å². The minimum absolute atomic E-state index is 0.0238. The Labute approximate surface area is 159 Å². The molecule has 0 saturated carbocycles. The summed E-state index contributed by atoms with van der Waals surface area (Å²) in [4.78, 5) is 31.0. The molecule has 0 radical (unpaired) electrons. The average molecular weight is 373 g/mol. The molecule has 7 heteroatoms. The molecule has 2 fully saturated rings. The fraction of sp³-hybridized carbons (Fsp3) is 0.600. The first kappa shape index (κ1) is 18.4. The van der Waals surface area contributed by atoms with Crippen molar-refractivity contribution < 1.29 is 19.4 Å². The Morgan fingerprint density at radius 2 is 2.00 bits per heavy atom. The standard InChI is InChI=1S/C20H27N3O4/c24-18-14-27-13-17(18)21-7-3-8-22(11-10-21)19(25)6-9-23-12-15-4-1-2-5-16(15)20(23)26/h1-2,4-5,17-18,24H,3,6-14H2/t17-,18-/m0/s1. The molecule has 1 N–H and O–H groups in total. The van der Waals surface area contributed by atoms with Crippen molar-refractivity contribution in [3.63, 3.8) is 0 Å². The molecule has 3 aliphatic rings. The minimum atomic E-state index is -0.435. The van der Waals surface area contributed by atoms with Gasteiger partial charge >= 0.3 is 0 Å². The van der Waals surface area contributed by atoms with Gasteiger partial charge in [0, 0.05) is 51.3 Å². The van der Waals surface area contributed by atoms with Gasteiger partial charge in [-0.25, -0.2) is 0 Å². The molecule has 0 unspecified atom stereocenters. The van der Waals surface area contributed by atoms with Crippen LogP contribution in [0.2, 0.25) is 0 Å². The number of nitrogens with zero attached hydrogens (tertiary/aromatic N) is 3. The Bertz CT molecular complexity index is 710. The van der Waals surface area contributed by atoms with Crippen LogP contribution in [0, 0.1) is 0 Å². The van der Waals surface area contributed by atoms with Crippen molar-refractivity contribution in [2.75, 3.05) is 45.9 Å². The average Bonchev–Trinajstić information content (AvgIpc) is 3.14. The number of ether oxygens (including phenoxy) is 1. The van der Waals surface area contributed by atoms with Gasteiger partial charge in [0.2, 0.25) is 5.91 Å². The summed E-state index contributed by atoms with van der Waals surface area (Å²) in [5, 5.41) is 10.0. The third kappa shape index (κ3) is 3.85. The van der Waals surface area contributed by atoms with E-state index in [0.717, 1.165) is 37.2 Å². The predicted molar refractivity (Wildman–Crippen MR) is 99.2 cm³/mol. The zero-order valence-corrected chi connectivity index (χ0v) is 15.5. The highest BCUT2D eigenvalue weighted by Crippen LogP contribution is 2.22. The zero-order chi connectivity index (χ0) is 18.8. The maximum absolute atomic E-state index is 12.7. The van der Waals surface area contributed by atoms with Gasteiger partial charge in [-0.3, -0.25) is 14.5 Å². The molecule has 0 aliphatic carbocycles. The summed E-state index contributed by atoms with van der Waals surface area (Å²) in [6.07, 6.45) is 0.813. The van der Waals surface area contributed by atoms with Crippen molar-refractivity contribution in [1.82, 2.24) is 14.7 Å². The van der Waals surface area contributed by atoms with Crippen molar-refractivity contribution in [2.24, 2.45) is 0 Å². The topological polar surface area (TPSA) is 73.3 Å². The van der Waals surface area contributed by atoms with Gasteiger partial charge in [-0.2, -0.15) is 0 Å². The Balaban J connectivity index is 1.27. The highest BCUT2D eigenvalue weighted by Gasteiger charge is 2.33. The highest BCUT2D eigenvalue weighted by molar-refractivity contribution is 5.98. The van der Waals surface area contributed by atoms with Crippen LogP contribution in [0.25, 0.3) is 0 Å². The molecule has 0 bridgehead atoms. The molecule has 3 heterocycles. The second-order valence-electron chi connectivity index (χ2n) is 7.58. The van der Waals surface area contributed by atoms with E-state index in [4.69, 9.17) is 4.74 Å². The van der Waals surface area contributed by atoms with Gasteiger partial charge in [0.1, 0.15) is 0 Å². The van der Waals surface area contributed by atoms with E-state index in [1.165, 1.54) is 0 Å². The van der Waals surface area contributed by atoms with Crippen LogP contribution in [0.5, 0.6) is 0 Å². The Hall–Kier alpha value is -1.96. The van der Waals surface area contributed by atoms with Crippen LogP contribution in [-0.4, -0.2) is 89.7 Å². The molecule has 2 saturated heterocycles. The van der Waals surface area contributed by atoms with Crippen LogP contribution >= 0.6 is 0 Å². The van der Waals surface area contributed by atoms with E-state index >= 15 is 0 Å². The minimum Gasteiger partial charge on any atom is -0.389 e. The van der Waals surface area contributed by atoms with E-state index in [1.54, 1.807) is 4.90 Å². The lowest BCUT2D eigenvalue weighted by Gasteiger charge is -2.28. The summed E-state index contributed by atoms with van der Waals surface area (Å²) in [7, 11) is 0. The van der Waals surface area contributed by atoms with E-state index in [1.807, 2.05) is 29.2 Å². The highest BCUT2D eigenvalue weighted by atomic mass is 16.5. The van der Waals surface area contributed by atoms with Crippen LogP contribution in [0.1, 0.15) is 28.8 Å². The number of aliphatic hydroxyl groups is 1. The number of hydrogen-bond donors (Lipinski definition) is 1. The Morgan fingerprint density at radius 1 is 1.15 bits per heavy atom. The number of benzene rings is 1. The summed E-state index contributed by atoms with van der Waals surface area (Å²) in [6, 6.07) is 7.68. The molecule has 1 aromatic carbocycles. The second-order valence-corrected chi connectivity index (χ2v) is 7.58. The van der Waals surface area contributed by atoms with E-state index in [9.17, 15) is 14.7 Å². The van der Waals surface area contributed by atoms with Gasteiger partial charge in [0.25, 0.3) is 5.91 Å². The molecule has 4 rings (SSSR count). The van der Waals surface area contributed by atoms with Crippen molar-refractivity contribution in [2.45, 2.75) is 31.5 Å². The molecule has 2 atom stereocenters. The van der Waals surface area contributed by atoms with Crippen LogP contribution < -0.4 is 0 Å². The SMILES string of the molecule is O=C(CCN1Cc2ccccc2C1=O)N1CCCN([C@H]2COC[C@@H]2O)CC1. The number of carbonyl (C=O) groups excluding carboxylic acids is 2. The van der Waals surface area contributed by atoms with Gasteiger partial charge in [0.15, 0.2) is 0 Å². The predicted octanol–water partition coefficient (Wildman–Crippen LogP) is 0.327. The number of hydrogen-bond acceptors (Lipinski definition) is 5. The molecule has 7 nitrogen and oxygen atoms in total. The Kier molecular flexibility index (Phi) is 5.43. The lowest BCUT2D eigenvalue weighted by Crippen LogP contribution is -2.45. The monoisotopic (exact) mass is 373 g/mol. The summed E-state index contributed by atoms with van der Waals surface area (Å²) in [5.74, 6) is 0.125. The molecule has 146 valence electrons. The second kappa shape index (κ2) is 7.96. The molecule has 3 aliphatic heterocycles. The fourth-order valence-electron chi connectivity index (χ4n) is 4.28. The van der Waals surface area contributed by atoms with E-state index < -0.39 is 6.10 Å². The third-order valence-electron chi connectivity index (χ3n) is 5.87. The lowest BCUT2D eigenvalue weighted by molar-refractivity contribution is -0.131. The molecule has 0 spiro atoms. The first-order chi connectivity index (χ1) is 13.1. The molecule has 2 amide bonds. The quantitative estimate of drug-likeness (QED) is 0.823. The zero-order valence-electron chi connectivity index (χ0n) is 15.5. The van der Waals surface area contributed by atoms with Crippen LogP contribution in [-0.2, 0) is 16.1 Å². The van der Waals surface area contributed by atoms with Gasteiger partial charge in [-0.1, -0.05) is 18.2 Å². The van der Waals surface area contributed by atoms with Crippen LogP contribution in [0.3, 0.4) is 0 Å². The fourth-order valence-corrected chi connectivity index (χ4v) is 4.28. The van der Waals surface area contributed by atoms with E-state index in [2.05, 4.69) is 4.90 Å². The number of carbonyl (C=O) groups is 2. The first-order valence-electron chi connectivity index (χ1n) is 9.78. The van der Waals surface area contributed by atoms with Gasteiger partial charge in [-0.15, -0.1) is 0 Å². The summed E-state index contributed by atoms with van der Waals surface area (Å²) < 4.78 is 5.36. The van der Waals surface area contributed by atoms with Crippen molar-refractivity contribution in [3.8, 4) is 0 Å². The number of fused-ring (bicyclic) bond motifs is 1. The van der Waals surface area contributed by atoms with Gasteiger partial charge < -0.3 is 19.6 Å². The van der Waals surface area contributed by atoms with Gasteiger partial charge in [-0.05, 0) is 18.1 Å². The van der Waals surface area contributed by atoms with E-state index in [0.29, 0.717) is 39.3 Å². The molecular weight excluding hydrogens is 346 g/mol. The van der Waals surface area contributed by atoms with Crippen molar-refractivity contribution in [1.29, 1.82) is 0 Å². The van der Waals surface area contributed by atoms with Crippen LogP contribution in [0.4, 0.5) is 0 Å². The summed E-state index contributed by atoms with van der Waals surface area (Å²) in [5.41, 5.74) is 1.80. The third-order valence-corrected chi connectivity index (χ3v) is 5.87. The van der Waals surface area contributed by atoms with Crippen molar-refractivity contribution >= 4 is 11.8 Å². The number of amides is 2. The van der Waals surface area contributed by atoms with Gasteiger partial charge in [0.05, 0.1) is 25.4 Å². The molecular formula is C20H27N3O4. The number of rotatable bonds is 4. The summed E-state index contributed by atoms with van der Waals surface area (Å²) >= 11 is 0. The normalized spacial score (nSPS) is 26.3. The summed E-state index contributed by atoms with van der Waals surface area (Å²) in [6.45, 7) is 5.03. The lowest BCUT2D eigenvalue weighted by atomic mass is 10.1. The molecule has 0 aromatic heterocycles. The first-order valence-corrected chi connectivity index (χ1v) is 9.78. The number of aliphatic hydroxyl groups excluding tert-OH is 1.